The summed E-state index contributed by atoms with van der Waals surface area (Å²) in [4.78, 5) is 25.0. The van der Waals surface area contributed by atoms with Gasteiger partial charge in [-0.1, -0.05) is 30.3 Å². The van der Waals surface area contributed by atoms with Gasteiger partial charge in [-0.05, 0) is 24.3 Å². The molecule has 1 N–H and O–H groups in total. The molecule has 0 bridgehead atoms. The van der Waals surface area contributed by atoms with E-state index < -0.39 is 23.4 Å². The van der Waals surface area contributed by atoms with Crippen molar-refractivity contribution in [1.82, 2.24) is 4.57 Å². The molecule has 124 valence electrons. The van der Waals surface area contributed by atoms with Gasteiger partial charge in [-0.15, -0.1) is 0 Å². The monoisotopic (exact) mass is 335 g/mol. The van der Waals surface area contributed by atoms with Crippen LogP contribution in [0, 0.1) is 23.1 Å². The number of fused-ring (bicyclic) bond motifs is 1. The molecule has 0 aliphatic rings. The Balaban J connectivity index is 1.91. The molecule has 0 unspecified atom stereocenters. The zero-order chi connectivity index (χ0) is 18.0. The third-order valence-corrected chi connectivity index (χ3v) is 3.99. The molecule has 3 rings (SSSR count). The summed E-state index contributed by atoms with van der Waals surface area (Å²) in [5.41, 5.74) is 0.992. The van der Waals surface area contributed by atoms with E-state index in [4.69, 9.17) is 0 Å². The Bertz CT molecular complexity index is 1020. The molecule has 0 radical (unpaired) electrons. The molecule has 1 heterocycles. The van der Waals surface area contributed by atoms with Crippen LogP contribution in [0.25, 0.3) is 10.9 Å². The molecule has 1 atom stereocenters. The van der Waals surface area contributed by atoms with Crippen LogP contribution in [0.4, 0.5) is 10.1 Å². The van der Waals surface area contributed by atoms with E-state index in [0.29, 0.717) is 0 Å². The lowest BCUT2D eigenvalue weighted by Crippen LogP contribution is -2.30. The van der Waals surface area contributed by atoms with Crippen LogP contribution < -0.4 is 5.32 Å². The van der Waals surface area contributed by atoms with Crippen molar-refractivity contribution in [3.63, 3.8) is 0 Å². The second kappa shape index (κ2) is 6.57. The summed E-state index contributed by atoms with van der Waals surface area (Å²) in [6.45, 7) is 0. The summed E-state index contributed by atoms with van der Waals surface area (Å²) in [7, 11) is 1.69. The molecule has 1 amide bonds. The van der Waals surface area contributed by atoms with E-state index in [1.165, 1.54) is 18.2 Å². The maximum Gasteiger partial charge on any atom is 0.249 e. The average molecular weight is 335 g/mol. The highest BCUT2D eigenvalue weighted by atomic mass is 19.1. The maximum atomic E-state index is 13.7. The van der Waals surface area contributed by atoms with Gasteiger partial charge in [0.1, 0.15) is 5.82 Å². The van der Waals surface area contributed by atoms with Crippen LogP contribution in [0.5, 0.6) is 0 Å². The molecule has 6 heteroatoms. The molecule has 0 fully saturated rings. The number of hydrogen-bond donors (Lipinski definition) is 1. The number of amides is 1. The van der Waals surface area contributed by atoms with Crippen LogP contribution in [0.2, 0.25) is 0 Å². The highest BCUT2D eigenvalue weighted by Gasteiger charge is 2.30. The van der Waals surface area contributed by atoms with Gasteiger partial charge >= 0.3 is 0 Å². The van der Waals surface area contributed by atoms with Gasteiger partial charge in [0.2, 0.25) is 11.7 Å². The minimum atomic E-state index is -1.57. The van der Waals surface area contributed by atoms with Crippen molar-refractivity contribution in [2.45, 2.75) is 0 Å². The molecule has 1 aromatic heterocycles. The van der Waals surface area contributed by atoms with Gasteiger partial charge in [0.05, 0.1) is 17.5 Å². The van der Waals surface area contributed by atoms with Crippen molar-refractivity contribution in [2.75, 3.05) is 5.32 Å². The lowest BCUT2D eigenvalue weighted by molar-refractivity contribution is -0.117. The van der Waals surface area contributed by atoms with Gasteiger partial charge in [-0.3, -0.25) is 9.59 Å². The number of halogens is 1. The Kier molecular flexibility index (Phi) is 4.31. The number of aromatic nitrogens is 1. The van der Waals surface area contributed by atoms with Gasteiger partial charge in [0, 0.05) is 18.0 Å². The second-order valence-electron chi connectivity index (χ2n) is 5.54. The number of para-hydroxylation sites is 2. The number of nitrogens with one attached hydrogen (secondary N) is 1. The first kappa shape index (κ1) is 16.4. The van der Waals surface area contributed by atoms with E-state index in [2.05, 4.69) is 5.32 Å². The summed E-state index contributed by atoms with van der Waals surface area (Å²) in [6.07, 6.45) is 0. The van der Waals surface area contributed by atoms with Crippen LogP contribution in [-0.4, -0.2) is 16.3 Å². The topological polar surface area (TPSA) is 74.9 Å². The minimum Gasteiger partial charge on any atom is -0.341 e. The number of carbonyl (C=O) groups excluding carboxylic acids is 2. The van der Waals surface area contributed by atoms with Crippen molar-refractivity contribution >= 4 is 28.3 Å². The second-order valence-corrected chi connectivity index (χ2v) is 5.54. The van der Waals surface area contributed by atoms with Crippen LogP contribution in [0.1, 0.15) is 10.5 Å². The number of nitriles is 1. The van der Waals surface area contributed by atoms with Crippen molar-refractivity contribution < 1.29 is 14.0 Å². The lowest BCUT2D eigenvalue weighted by atomic mass is 10.0. The van der Waals surface area contributed by atoms with Crippen LogP contribution >= 0.6 is 0 Å². The maximum absolute atomic E-state index is 13.7. The number of aryl methyl sites for hydroxylation is 1. The summed E-state index contributed by atoms with van der Waals surface area (Å²) in [6, 6.07) is 16.3. The molecule has 0 aliphatic carbocycles. The number of hydrogen-bond acceptors (Lipinski definition) is 3. The molecule has 25 heavy (non-hydrogen) atoms. The van der Waals surface area contributed by atoms with E-state index in [1.807, 2.05) is 24.3 Å². The molecule has 3 aromatic rings. The van der Waals surface area contributed by atoms with Crippen molar-refractivity contribution in [1.29, 1.82) is 5.26 Å². The van der Waals surface area contributed by atoms with E-state index in [9.17, 15) is 19.2 Å². The Morgan fingerprint density at radius 2 is 1.84 bits per heavy atom. The number of ketones is 1. The van der Waals surface area contributed by atoms with Crippen LogP contribution in [0.3, 0.4) is 0 Å². The standard InChI is InChI=1S/C19H14FN3O2/c1-23-16-9-5-2-6-12(16)10-17(23)18(24)13(11-21)19(25)22-15-8-4-3-7-14(15)20/h2-10,13H,1H3,(H,22,25)/t13-/m1/s1. The molecule has 5 nitrogen and oxygen atoms in total. The Morgan fingerprint density at radius 1 is 1.16 bits per heavy atom. The van der Waals surface area contributed by atoms with E-state index in [1.54, 1.807) is 29.8 Å². The molecule has 0 aliphatic heterocycles. The number of Topliss-reactive ketones (excluding diaryl/α,β-unsaturated/α-hetero) is 1. The van der Waals surface area contributed by atoms with Gasteiger partial charge in [-0.2, -0.15) is 5.26 Å². The number of anilines is 1. The Labute approximate surface area is 143 Å². The van der Waals surface area contributed by atoms with Crippen molar-refractivity contribution in [2.24, 2.45) is 13.0 Å². The predicted molar refractivity (Wildman–Crippen MR) is 91.4 cm³/mol. The third-order valence-electron chi connectivity index (χ3n) is 3.99. The van der Waals surface area contributed by atoms with Crippen molar-refractivity contribution in [3.05, 3.63) is 66.1 Å². The van der Waals surface area contributed by atoms with E-state index >= 15 is 0 Å². The first-order chi connectivity index (χ1) is 12.0. The zero-order valence-electron chi connectivity index (χ0n) is 13.4. The highest BCUT2D eigenvalue weighted by molar-refractivity contribution is 6.16. The normalized spacial score (nSPS) is 11.7. The quantitative estimate of drug-likeness (QED) is 0.587. The summed E-state index contributed by atoms with van der Waals surface area (Å²) in [5.74, 6) is -3.69. The van der Waals surface area contributed by atoms with Crippen LogP contribution in [-0.2, 0) is 11.8 Å². The van der Waals surface area contributed by atoms with Gasteiger partial charge < -0.3 is 9.88 Å². The lowest BCUT2D eigenvalue weighted by Gasteiger charge is -2.11. The predicted octanol–water partition coefficient (Wildman–Crippen LogP) is 3.28. The minimum absolute atomic E-state index is 0.0717. The summed E-state index contributed by atoms with van der Waals surface area (Å²) < 4.78 is 15.3. The number of nitrogens with zero attached hydrogens (tertiary/aromatic N) is 2. The van der Waals surface area contributed by atoms with Crippen LogP contribution in [0.15, 0.2) is 54.6 Å². The smallest absolute Gasteiger partial charge is 0.249 e. The van der Waals surface area contributed by atoms with E-state index in [0.717, 1.165) is 10.9 Å². The largest absolute Gasteiger partial charge is 0.341 e. The number of rotatable bonds is 4. The van der Waals surface area contributed by atoms with Gasteiger partial charge in [0.15, 0.2) is 5.92 Å². The SMILES string of the molecule is Cn1c(C(=O)[C@@H](C#N)C(=O)Nc2ccccc2F)cc2ccccc21. The molecular formula is C19H14FN3O2. The first-order valence-electron chi connectivity index (χ1n) is 7.56. The third kappa shape index (κ3) is 3.00. The Morgan fingerprint density at radius 3 is 2.52 bits per heavy atom. The fourth-order valence-electron chi connectivity index (χ4n) is 2.68. The van der Waals surface area contributed by atoms with Crippen molar-refractivity contribution in [3.8, 4) is 6.07 Å². The number of benzene rings is 2. The average Bonchev–Trinajstić information content (AvgIpc) is 2.95. The molecular weight excluding hydrogens is 321 g/mol. The van der Waals surface area contributed by atoms with Gasteiger partial charge in [0.25, 0.3) is 0 Å². The molecule has 0 spiro atoms. The fraction of sp³-hybridized carbons (Fsp3) is 0.105. The van der Waals surface area contributed by atoms with E-state index in [-0.39, 0.29) is 11.4 Å². The fourth-order valence-corrected chi connectivity index (χ4v) is 2.68. The number of carbonyl (C=O) groups is 2. The summed E-state index contributed by atoms with van der Waals surface area (Å²) in [5, 5.41) is 12.4. The summed E-state index contributed by atoms with van der Waals surface area (Å²) >= 11 is 0. The molecule has 0 saturated heterocycles. The molecule has 0 saturated carbocycles. The highest BCUT2D eigenvalue weighted by Crippen LogP contribution is 2.22. The molecule has 2 aromatic carbocycles. The first-order valence-corrected chi connectivity index (χ1v) is 7.56. The Hall–Kier alpha value is -3.46. The van der Waals surface area contributed by atoms with Gasteiger partial charge in [-0.25, -0.2) is 4.39 Å². The zero-order valence-corrected chi connectivity index (χ0v) is 13.4.